The van der Waals surface area contributed by atoms with Crippen LogP contribution in [0, 0.1) is 5.92 Å². The van der Waals surface area contributed by atoms with Crippen LogP contribution >= 0.6 is 15.9 Å². The van der Waals surface area contributed by atoms with Crippen molar-refractivity contribution in [1.82, 2.24) is 9.97 Å². The predicted octanol–water partition coefficient (Wildman–Crippen LogP) is 4.53. The lowest BCUT2D eigenvalue weighted by Crippen LogP contribution is -2.16. The highest BCUT2D eigenvalue weighted by atomic mass is 79.9. The number of anilines is 1. The number of hydrogen-bond acceptors (Lipinski definition) is 3. The van der Waals surface area contributed by atoms with Gasteiger partial charge in [0.05, 0.1) is 10.2 Å². The molecule has 2 rings (SSSR count). The third-order valence-electron chi connectivity index (χ3n) is 4.30. The van der Waals surface area contributed by atoms with Gasteiger partial charge in [-0.3, -0.25) is 0 Å². The zero-order chi connectivity index (χ0) is 13.8. The zero-order valence-electron chi connectivity index (χ0n) is 12.2. The van der Waals surface area contributed by atoms with Gasteiger partial charge in [-0.05, 0) is 54.0 Å². The molecule has 3 nitrogen and oxygen atoms in total. The minimum absolute atomic E-state index is 0.549. The van der Waals surface area contributed by atoms with Crippen molar-refractivity contribution in [2.75, 3.05) is 12.4 Å². The van der Waals surface area contributed by atoms with E-state index in [1.807, 2.05) is 7.05 Å². The fourth-order valence-corrected chi connectivity index (χ4v) is 3.58. The minimum Gasteiger partial charge on any atom is -0.372 e. The monoisotopic (exact) mass is 325 g/mol. The van der Waals surface area contributed by atoms with Gasteiger partial charge in [-0.15, -0.1) is 0 Å². The lowest BCUT2D eigenvalue weighted by molar-refractivity contribution is 0.312. The maximum absolute atomic E-state index is 4.78. The Bertz CT molecular complexity index is 400. The van der Waals surface area contributed by atoms with E-state index in [0.29, 0.717) is 5.92 Å². The Labute approximate surface area is 124 Å². The van der Waals surface area contributed by atoms with Crippen LogP contribution in [0.25, 0.3) is 0 Å². The average molecular weight is 326 g/mol. The molecule has 1 aromatic rings. The molecule has 0 aliphatic heterocycles. The van der Waals surface area contributed by atoms with Crippen molar-refractivity contribution in [3.8, 4) is 0 Å². The number of hydrogen-bond donors (Lipinski definition) is 1. The van der Waals surface area contributed by atoms with E-state index < -0.39 is 0 Å². The second-order valence-electron chi connectivity index (χ2n) is 5.42. The van der Waals surface area contributed by atoms with Gasteiger partial charge in [-0.25, -0.2) is 9.97 Å². The number of aryl methyl sites for hydroxylation is 1. The van der Waals surface area contributed by atoms with E-state index in [2.05, 4.69) is 35.1 Å². The predicted molar refractivity (Wildman–Crippen MR) is 83.6 cm³/mol. The highest BCUT2D eigenvalue weighted by Crippen LogP contribution is 2.37. The summed E-state index contributed by atoms with van der Waals surface area (Å²) in [5.74, 6) is 3.44. The molecular weight excluding hydrogens is 302 g/mol. The topological polar surface area (TPSA) is 37.8 Å². The molecule has 0 aromatic carbocycles. The third-order valence-corrected chi connectivity index (χ3v) is 5.13. The summed E-state index contributed by atoms with van der Waals surface area (Å²) in [6.45, 7) is 4.44. The van der Waals surface area contributed by atoms with Gasteiger partial charge >= 0.3 is 0 Å². The molecule has 0 radical (unpaired) electrons. The number of nitrogens with one attached hydrogen (secondary N) is 1. The van der Waals surface area contributed by atoms with Crippen molar-refractivity contribution < 1.29 is 0 Å². The molecule has 19 heavy (non-hydrogen) atoms. The Kier molecular flexibility index (Phi) is 5.20. The molecule has 0 bridgehead atoms. The molecule has 0 amide bonds. The highest BCUT2D eigenvalue weighted by molar-refractivity contribution is 9.10. The Morgan fingerprint density at radius 1 is 1.16 bits per heavy atom. The van der Waals surface area contributed by atoms with Crippen molar-refractivity contribution in [1.29, 1.82) is 0 Å². The Hall–Kier alpha value is -0.640. The molecule has 1 heterocycles. The maximum atomic E-state index is 4.78. The molecule has 1 N–H and O–H groups in total. The molecule has 1 aliphatic carbocycles. The van der Waals surface area contributed by atoms with Crippen LogP contribution in [0.2, 0.25) is 0 Å². The van der Waals surface area contributed by atoms with E-state index in [0.717, 1.165) is 34.1 Å². The van der Waals surface area contributed by atoms with E-state index in [9.17, 15) is 0 Å². The summed E-state index contributed by atoms with van der Waals surface area (Å²) in [4.78, 5) is 9.48. The van der Waals surface area contributed by atoms with Gasteiger partial charge in [0, 0.05) is 13.0 Å². The SMILES string of the molecule is CCc1nc(C2CCC(CC)CC2)nc(NC)c1Br. The Morgan fingerprint density at radius 2 is 1.84 bits per heavy atom. The quantitative estimate of drug-likeness (QED) is 0.883. The highest BCUT2D eigenvalue weighted by Gasteiger charge is 2.24. The second-order valence-corrected chi connectivity index (χ2v) is 6.21. The van der Waals surface area contributed by atoms with E-state index in [-0.39, 0.29) is 0 Å². The van der Waals surface area contributed by atoms with Gasteiger partial charge in [0.1, 0.15) is 11.6 Å². The number of halogens is 1. The molecule has 1 aromatic heterocycles. The van der Waals surface area contributed by atoms with Crippen molar-refractivity contribution in [2.24, 2.45) is 5.92 Å². The average Bonchev–Trinajstić information content (AvgIpc) is 2.47. The lowest BCUT2D eigenvalue weighted by Gasteiger charge is -2.27. The normalized spacial score (nSPS) is 23.4. The lowest BCUT2D eigenvalue weighted by atomic mass is 9.80. The van der Waals surface area contributed by atoms with Crippen LogP contribution < -0.4 is 5.32 Å². The van der Waals surface area contributed by atoms with Crippen LogP contribution in [0.5, 0.6) is 0 Å². The van der Waals surface area contributed by atoms with Gasteiger partial charge in [-0.2, -0.15) is 0 Å². The maximum Gasteiger partial charge on any atom is 0.144 e. The van der Waals surface area contributed by atoms with Gasteiger partial charge in [0.2, 0.25) is 0 Å². The van der Waals surface area contributed by atoms with Gasteiger partial charge in [0.25, 0.3) is 0 Å². The molecule has 106 valence electrons. The van der Waals surface area contributed by atoms with E-state index in [1.165, 1.54) is 32.1 Å². The zero-order valence-corrected chi connectivity index (χ0v) is 13.8. The molecule has 1 fully saturated rings. The first-order chi connectivity index (χ1) is 9.19. The summed E-state index contributed by atoms with van der Waals surface area (Å²) >= 11 is 3.59. The largest absolute Gasteiger partial charge is 0.372 e. The standard InChI is InChI=1S/C15H24BrN3/c1-4-10-6-8-11(9-7-10)14-18-12(5-2)13(16)15(17-3)19-14/h10-11H,4-9H2,1-3H3,(H,17,18,19). The summed E-state index contributed by atoms with van der Waals surface area (Å²) in [5, 5.41) is 3.17. The van der Waals surface area contributed by atoms with E-state index in [4.69, 9.17) is 9.97 Å². The summed E-state index contributed by atoms with van der Waals surface area (Å²) in [7, 11) is 1.92. The molecule has 4 heteroatoms. The molecule has 0 saturated heterocycles. The first kappa shape index (κ1) is 14.8. The van der Waals surface area contributed by atoms with Crippen molar-refractivity contribution in [2.45, 2.75) is 58.3 Å². The van der Waals surface area contributed by atoms with Crippen LogP contribution in [0.15, 0.2) is 4.47 Å². The van der Waals surface area contributed by atoms with Gasteiger partial charge in [-0.1, -0.05) is 20.3 Å². The smallest absolute Gasteiger partial charge is 0.144 e. The fourth-order valence-electron chi connectivity index (χ4n) is 2.92. The van der Waals surface area contributed by atoms with Crippen molar-refractivity contribution in [3.05, 3.63) is 16.0 Å². The minimum atomic E-state index is 0.549. The number of nitrogens with zero attached hydrogens (tertiary/aromatic N) is 2. The van der Waals surface area contributed by atoms with Crippen molar-refractivity contribution >= 4 is 21.7 Å². The molecular formula is C15H24BrN3. The number of rotatable bonds is 4. The van der Waals surface area contributed by atoms with Gasteiger partial charge in [0.15, 0.2) is 0 Å². The third kappa shape index (κ3) is 3.28. The molecule has 0 atom stereocenters. The number of aromatic nitrogens is 2. The molecule has 1 saturated carbocycles. The van der Waals surface area contributed by atoms with Crippen LogP contribution in [0.3, 0.4) is 0 Å². The Balaban J connectivity index is 2.20. The first-order valence-electron chi connectivity index (χ1n) is 7.43. The molecule has 0 spiro atoms. The van der Waals surface area contributed by atoms with Crippen molar-refractivity contribution in [3.63, 3.8) is 0 Å². The summed E-state index contributed by atoms with van der Waals surface area (Å²) in [6.07, 6.45) is 7.40. The van der Waals surface area contributed by atoms with Gasteiger partial charge < -0.3 is 5.32 Å². The molecule has 1 aliphatic rings. The molecule has 0 unspecified atom stereocenters. The van der Waals surface area contributed by atoms with E-state index >= 15 is 0 Å². The van der Waals surface area contributed by atoms with Crippen LogP contribution in [-0.2, 0) is 6.42 Å². The first-order valence-corrected chi connectivity index (χ1v) is 8.22. The summed E-state index contributed by atoms with van der Waals surface area (Å²) in [5.41, 5.74) is 1.12. The van der Waals surface area contributed by atoms with Crippen LogP contribution in [0.1, 0.15) is 63.4 Å². The summed E-state index contributed by atoms with van der Waals surface area (Å²) in [6, 6.07) is 0. The van der Waals surface area contributed by atoms with E-state index in [1.54, 1.807) is 0 Å². The summed E-state index contributed by atoms with van der Waals surface area (Å²) < 4.78 is 1.02. The van der Waals surface area contributed by atoms with Crippen LogP contribution in [0.4, 0.5) is 5.82 Å². The Morgan fingerprint density at radius 3 is 2.37 bits per heavy atom. The second kappa shape index (κ2) is 6.69. The van der Waals surface area contributed by atoms with Crippen LogP contribution in [-0.4, -0.2) is 17.0 Å². The fraction of sp³-hybridized carbons (Fsp3) is 0.733.